The smallest absolute Gasteiger partial charge is 0.119 e. The summed E-state index contributed by atoms with van der Waals surface area (Å²) < 4.78 is 0. The summed E-state index contributed by atoms with van der Waals surface area (Å²) in [5.41, 5.74) is 1.14. The van der Waals surface area contributed by atoms with Crippen LogP contribution in [0.4, 0.5) is 0 Å². The SMILES string of the molecule is CNCc1sc(CO)nc1CC(C)C. The first-order valence-corrected chi connectivity index (χ1v) is 5.72. The molecule has 1 rings (SSSR count). The quantitative estimate of drug-likeness (QED) is 0.781. The third-order valence-electron chi connectivity index (χ3n) is 1.90. The lowest BCUT2D eigenvalue weighted by molar-refractivity contribution is 0.281. The van der Waals surface area contributed by atoms with Gasteiger partial charge in [-0.1, -0.05) is 13.8 Å². The number of hydrogen-bond acceptors (Lipinski definition) is 4. The molecule has 0 saturated heterocycles. The minimum Gasteiger partial charge on any atom is -0.389 e. The zero-order chi connectivity index (χ0) is 10.6. The molecule has 3 nitrogen and oxygen atoms in total. The highest BCUT2D eigenvalue weighted by Crippen LogP contribution is 2.21. The molecular formula is C10H18N2OS. The predicted octanol–water partition coefficient (Wildman–Crippen LogP) is 1.55. The molecule has 0 saturated carbocycles. The van der Waals surface area contributed by atoms with E-state index in [4.69, 9.17) is 5.11 Å². The van der Waals surface area contributed by atoms with Gasteiger partial charge in [0.1, 0.15) is 5.01 Å². The molecule has 0 radical (unpaired) electrons. The van der Waals surface area contributed by atoms with Crippen molar-refractivity contribution in [2.75, 3.05) is 7.05 Å². The molecule has 80 valence electrons. The Balaban J connectivity index is 2.82. The maximum absolute atomic E-state index is 9.01. The van der Waals surface area contributed by atoms with Gasteiger partial charge in [-0.05, 0) is 19.4 Å². The molecule has 0 aliphatic heterocycles. The maximum Gasteiger partial charge on any atom is 0.119 e. The Morgan fingerprint density at radius 1 is 1.50 bits per heavy atom. The fourth-order valence-corrected chi connectivity index (χ4v) is 2.32. The van der Waals surface area contributed by atoms with Crippen LogP contribution in [0.5, 0.6) is 0 Å². The Labute approximate surface area is 89.2 Å². The standard InChI is InChI=1S/C10H18N2OS/c1-7(2)4-8-9(5-11-3)14-10(6-13)12-8/h7,11,13H,4-6H2,1-3H3. The van der Waals surface area contributed by atoms with E-state index in [0.29, 0.717) is 5.92 Å². The van der Waals surface area contributed by atoms with Gasteiger partial charge < -0.3 is 10.4 Å². The van der Waals surface area contributed by atoms with Crippen LogP contribution < -0.4 is 5.32 Å². The number of hydrogen-bond donors (Lipinski definition) is 2. The van der Waals surface area contributed by atoms with E-state index in [1.807, 2.05) is 7.05 Å². The molecule has 0 aromatic carbocycles. The maximum atomic E-state index is 9.01. The van der Waals surface area contributed by atoms with E-state index in [1.165, 1.54) is 4.88 Å². The van der Waals surface area contributed by atoms with E-state index in [2.05, 4.69) is 24.1 Å². The second-order valence-electron chi connectivity index (χ2n) is 3.76. The Bertz CT molecular complexity index is 284. The number of nitrogens with zero attached hydrogens (tertiary/aromatic N) is 1. The molecule has 0 bridgehead atoms. The Morgan fingerprint density at radius 3 is 2.71 bits per heavy atom. The monoisotopic (exact) mass is 214 g/mol. The summed E-state index contributed by atoms with van der Waals surface area (Å²) in [5, 5.41) is 13.0. The lowest BCUT2D eigenvalue weighted by atomic mass is 10.1. The summed E-state index contributed by atoms with van der Waals surface area (Å²) in [6.45, 7) is 5.27. The molecule has 0 amide bonds. The van der Waals surface area contributed by atoms with Crippen molar-refractivity contribution in [2.45, 2.75) is 33.4 Å². The van der Waals surface area contributed by atoms with Crippen molar-refractivity contribution in [1.82, 2.24) is 10.3 Å². The number of nitrogens with one attached hydrogen (secondary N) is 1. The molecule has 2 N–H and O–H groups in total. The summed E-state index contributed by atoms with van der Waals surface area (Å²) in [6.07, 6.45) is 0.994. The van der Waals surface area contributed by atoms with E-state index in [9.17, 15) is 0 Å². The van der Waals surface area contributed by atoms with Gasteiger partial charge in [-0.3, -0.25) is 0 Å². The van der Waals surface area contributed by atoms with E-state index in [-0.39, 0.29) is 6.61 Å². The minimum atomic E-state index is 0.0550. The zero-order valence-corrected chi connectivity index (χ0v) is 9.82. The molecule has 0 fully saturated rings. The number of aliphatic hydroxyl groups excluding tert-OH is 1. The molecule has 1 aromatic heterocycles. The fourth-order valence-electron chi connectivity index (χ4n) is 1.35. The highest BCUT2D eigenvalue weighted by molar-refractivity contribution is 7.11. The van der Waals surface area contributed by atoms with Gasteiger partial charge in [-0.15, -0.1) is 11.3 Å². The Morgan fingerprint density at radius 2 is 2.21 bits per heavy atom. The summed E-state index contributed by atoms with van der Waals surface area (Å²) in [6, 6.07) is 0. The molecule has 0 aliphatic carbocycles. The summed E-state index contributed by atoms with van der Waals surface area (Å²) in [7, 11) is 1.93. The van der Waals surface area contributed by atoms with Gasteiger partial charge in [0.2, 0.25) is 0 Å². The zero-order valence-electron chi connectivity index (χ0n) is 9.00. The van der Waals surface area contributed by atoms with Crippen LogP contribution in [-0.2, 0) is 19.6 Å². The van der Waals surface area contributed by atoms with Crippen molar-refractivity contribution >= 4 is 11.3 Å². The van der Waals surface area contributed by atoms with Crippen LogP contribution in [-0.4, -0.2) is 17.1 Å². The van der Waals surface area contributed by atoms with Crippen LogP contribution in [0.15, 0.2) is 0 Å². The number of thiazole rings is 1. The minimum absolute atomic E-state index is 0.0550. The Kier molecular flexibility index (Phi) is 4.51. The summed E-state index contributed by atoms with van der Waals surface area (Å²) in [4.78, 5) is 5.67. The summed E-state index contributed by atoms with van der Waals surface area (Å²) >= 11 is 1.60. The topological polar surface area (TPSA) is 45.1 Å². The molecule has 0 spiro atoms. The predicted molar refractivity (Wildman–Crippen MR) is 59.3 cm³/mol. The Hall–Kier alpha value is -0.450. The second-order valence-corrected chi connectivity index (χ2v) is 4.93. The normalized spacial score (nSPS) is 11.2. The number of aliphatic hydroxyl groups is 1. The average Bonchev–Trinajstić information content (AvgIpc) is 2.48. The second kappa shape index (κ2) is 5.44. The van der Waals surface area contributed by atoms with Crippen LogP contribution in [0.2, 0.25) is 0 Å². The van der Waals surface area contributed by atoms with Crippen molar-refractivity contribution in [2.24, 2.45) is 5.92 Å². The molecule has 1 aromatic rings. The third kappa shape index (κ3) is 3.04. The molecule has 4 heteroatoms. The van der Waals surface area contributed by atoms with Crippen molar-refractivity contribution in [3.63, 3.8) is 0 Å². The van der Waals surface area contributed by atoms with E-state index < -0.39 is 0 Å². The number of rotatable bonds is 5. The van der Waals surface area contributed by atoms with Crippen LogP contribution in [0.3, 0.4) is 0 Å². The van der Waals surface area contributed by atoms with Crippen LogP contribution in [0, 0.1) is 5.92 Å². The molecule has 0 atom stereocenters. The highest BCUT2D eigenvalue weighted by atomic mass is 32.1. The molecule has 0 aliphatic rings. The fraction of sp³-hybridized carbons (Fsp3) is 0.700. The average molecular weight is 214 g/mol. The van der Waals surface area contributed by atoms with Gasteiger partial charge in [0.05, 0.1) is 12.3 Å². The van der Waals surface area contributed by atoms with Gasteiger partial charge in [0, 0.05) is 11.4 Å². The lowest BCUT2D eigenvalue weighted by Gasteiger charge is -2.03. The van der Waals surface area contributed by atoms with E-state index in [1.54, 1.807) is 11.3 Å². The molecule has 14 heavy (non-hydrogen) atoms. The van der Waals surface area contributed by atoms with Gasteiger partial charge in [-0.25, -0.2) is 4.98 Å². The van der Waals surface area contributed by atoms with Crippen LogP contribution in [0.1, 0.15) is 29.4 Å². The van der Waals surface area contributed by atoms with E-state index >= 15 is 0 Å². The first-order chi connectivity index (χ1) is 6.67. The third-order valence-corrected chi connectivity index (χ3v) is 2.98. The van der Waals surface area contributed by atoms with Crippen LogP contribution >= 0.6 is 11.3 Å². The first kappa shape index (κ1) is 11.6. The van der Waals surface area contributed by atoms with Crippen molar-refractivity contribution in [3.05, 3.63) is 15.6 Å². The van der Waals surface area contributed by atoms with Crippen molar-refractivity contribution in [1.29, 1.82) is 0 Å². The van der Waals surface area contributed by atoms with E-state index in [0.717, 1.165) is 23.7 Å². The number of aromatic nitrogens is 1. The molecular weight excluding hydrogens is 196 g/mol. The van der Waals surface area contributed by atoms with Gasteiger partial charge in [-0.2, -0.15) is 0 Å². The largest absolute Gasteiger partial charge is 0.389 e. The highest BCUT2D eigenvalue weighted by Gasteiger charge is 2.11. The molecule has 1 heterocycles. The summed E-state index contributed by atoms with van der Waals surface area (Å²) in [5.74, 6) is 0.610. The van der Waals surface area contributed by atoms with Crippen molar-refractivity contribution in [3.8, 4) is 0 Å². The lowest BCUT2D eigenvalue weighted by Crippen LogP contribution is -2.07. The van der Waals surface area contributed by atoms with Gasteiger partial charge in [0.15, 0.2) is 0 Å². The van der Waals surface area contributed by atoms with Crippen molar-refractivity contribution < 1.29 is 5.11 Å². The van der Waals surface area contributed by atoms with Gasteiger partial charge >= 0.3 is 0 Å². The first-order valence-electron chi connectivity index (χ1n) is 4.90. The van der Waals surface area contributed by atoms with Gasteiger partial charge in [0.25, 0.3) is 0 Å². The molecule has 0 unspecified atom stereocenters. The van der Waals surface area contributed by atoms with Crippen LogP contribution in [0.25, 0.3) is 0 Å².